The van der Waals surface area contributed by atoms with Crippen molar-refractivity contribution in [1.29, 1.82) is 0 Å². The maximum Gasteiger partial charge on any atom is 0.325 e. The van der Waals surface area contributed by atoms with E-state index in [1.807, 2.05) is 23.1 Å². The van der Waals surface area contributed by atoms with E-state index in [1.54, 1.807) is 28.9 Å². The van der Waals surface area contributed by atoms with E-state index in [1.165, 1.54) is 12.1 Å². The van der Waals surface area contributed by atoms with Gasteiger partial charge in [0.2, 0.25) is 5.91 Å². The van der Waals surface area contributed by atoms with Crippen LogP contribution in [0.3, 0.4) is 0 Å². The van der Waals surface area contributed by atoms with Crippen LogP contribution in [0.15, 0.2) is 54.6 Å². The molecule has 0 bridgehead atoms. The largest absolute Gasteiger partial charge is 0.465 e. The molecule has 2 heterocycles. The van der Waals surface area contributed by atoms with Crippen molar-refractivity contribution >= 4 is 23.6 Å². The Morgan fingerprint density at radius 2 is 1.69 bits per heavy atom. The average molecular weight is 538 g/mol. The molecule has 8 nitrogen and oxygen atoms in total. The molecule has 0 unspecified atom stereocenters. The number of halogens is 1. The van der Waals surface area contributed by atoms with Crippen molar-refractivity contribution in [2.45, 2.75) is 44.7 Å². The Balaban J connectivity index is 1.57. The molecule has 39 heavy (non-hydrogen) atoms. The fraction of sp³-hybridized carbons (Fsp3) is 0.500. The summed E-state index contributed by atoms with van der Waals surface area (Å²) in [6.45, 7) is 5.96. The number of carbonyl (C=O) groups excluding carboxylic acids is 3. The Kier molecular flexibility index (Phi) is 8.16. The van der Waals surface area contributed by atoms with E-state index in [9.17, 15) is 18.8 Å². The van der Waals surface area contributed by atoms with Crippen LogP contribution in [0.4, 0.5) is 14.9 Å². The van der Waals surface area contributed by atoms with Gasteiger partial charge in [0.1, 0.15) is 12.4 Å². The van der Waals surface area contributed by atoms with Gasteiger partial charge in [0.05, 0.1) is 31.9 Å². The summed E-state index contributed by atoms with van der Waals surface area (Å²) >= 11 is 0. The zero-order valence-corrected chi connectivity index (χ0v) is 22.5. The summed E-state index contributed by atoms with van der Waals surface area (Å²) < 4.78 is 24.5. The van der Waals surface area contributed by atoms with Gasteiger partial charge >= 0.3 is 12.0 Å². The average Bonchev–Trinajstić information content (AvgIpc) is 3.10. The van der Waals surface area contributed by atoms with Crippen molar-refractivity contribution in [1.82, 2.24) is 9.80 Å². The van der Waals surface area contributed by atoms with Gasteiger partial charge in [0, 0.05) is 24.7 Å². The second-order valence-corrected chi connectivity index (χ2v) is 10.6. The zero-order chi connectivity index (χ0) is 27.5. The van der Waals surface area contributed by atoms with Crippen molar-refractivity contribution in [3.63, 3.8) is 0 Å². The van der Waals surface area contributed by atoms with E-state index in [2.05, 4.69) is 19.1 Å². The van der Waals surface area contributed by atoms with Crippen LogP contribution in [0, 0.1) is 17.7 Å². The summed E-state index contributed by atoms with van der Waals surface area (Å²) in [4.78, 5) is 45.7. The van der Waals surface area contributed by atoms with Crippen LogP contribution in [0.25, 0.3) is 0 Å². The first-order valence-corrected chi connectivity index (χ1v) is 13.8. The van der Waals surface area contributed by atoms with Gasteiger partial charge in [-0.3, -0.25) is 14.5 Å². The van der Waals surface area contributed by atoms with Gasteiger partial charge in [-0.1, -0.05) is 37.3 Å². The maximum atomic E-state index is 14.0. The van der Waals surface area contributed by atoms with E-state index in [0.29, 0.717) is 44.8 Å². The lowest BCUT2D eigenvalue weighted by Crippen LogP contribution is -2.47. The summed E-state index contributed by atoms with van der Waals surface area (Å²) in [5.41, 5.74) is 1.68. The number of benzene rings is 2. The number of morpholine rings is 1. The summed E-state index contributed by atoms with van der Waals surface area (Å²) in [5, 5.41) is 0. The molecule has 1 aliphatic carbocycles. The lowest BCUT2D eigenvalue weighted by Gasteiger charge is -2.35. The topological polar surface area (TPSA) is 79.4 Å². The highest BCUT2D eigenvalue weighted by atomic mass is 19.1. The number of hydrogen-bond acceptors (Lipinski definition) is 5. The quantitative estimate of drug-likeness (QED) is 0.520. The second-order valence-electron chi connectivity index (χ2n) is 10.6. The Morgan fingerprint density at radius 3 is 2.36 bits per heavy atom. The summed E-state index contributed by atoms with van der Waals surface area (Å²) in [7, 11) is 0. The number of amides is 3. The molecule has 9 heteroatoms. The maximum absolute atomic E-state index is 14.0. The Bertz CT molecular complexity index is 1170. The van der Waals surface area contributed by atoms with E-state index in [-0.39, 0.29) is 48.9 Å². The van der Waals surface area contributed by atoms with Gasteiger partial charge in [-0.25, -0.2) is 9.18 Å². The summed E-state index contributed by atoms with van der Waals surface area (Å²) in [6, 6.07) is 14.9. The first kappa shape index (κ1) is 27.1. The molecule has 208 valence electrons. The standard InChI is InChI=1S/C30H36FN3O5/c1-3-39-28(35)19-33-26-18-25(29(36)32-13-15-38-16-14-32)20(2)24(21-7-5-4-6-8-21)17-27(26)34(30(33)37)23-11-9-22(31)10-12-23/h4-12,20,24-27H,3,13-19H2,1-2H3/t20-,24-,25+,26-,27+/m1/s1. The van der Waals surface area contributed by atoms with E-state index >= 15 is 0 Å². The van der Waals surface area contributed by atoms with Crippen LogP contribution >= 0.6 is 0 Å². The SMILES string of the molecule is CCOC(=O)CN1C(=O)N(c2ccc(F)cc2)[C@H]2C[C@@H](c3ccccc3)[C@@H](C)[C@@H](C(=O)N3CCOCC3)C[C@H]21. The molecule has 0 aromatic heterocycles. The fourth-order valence-electron chi connectivity index (χ4n) is 6.50. The molecule has 2 saturated heterocycles. The highest BCUT2D eigenvalue weighted by molar-refractivity contribution is 5.97. The summed E-state index contributed by atoms with van der Waals surface area (Å²) in [6.07, 6.45) is 1.03. The highest BCUT2D eigenvalue weighted by Crippen LogP contribution is 2.46. The third-order valence-corrected chi connectivity index (χ3v) is 8.47. The number of anilines is 1. The normalized spacial score (nSPS) is 27.2. The Morgan fingerprint density at radius 1 is 1.00 bits per heavy atom. The van der Waals surface area contributed by atoms with Gasteiger partial charge in [0.25, 0.3) is 0 Å². The van der Waals surface area contributed by atoms with Crippen molar-refractivity contribution in [2.24, 2.45) is 11.8 Å². The zero-order valence-electron chi connectivity index (χ0n) is 22.5. The van der Waals surface area contributed by atoms with Crippen LogP contribution in [0.2, 0.25) is 0 Å². The molecule has 0 N–H and O–H groups in total. The predicted octanol–water partition coefficient (Wildman–Crippen LogP) is 4.06. The lowest BCUT2D eigenvalue weighted by atomic mass is 9.77. The number of urea groups is 1. The Hall–Kier alpha value is -3.46. The van der Waals surface area contributed by atoms with Crippen LogP contribution in [0.1, 0.15) is 38.2 Å². The van der Waals surface area contributed by atoms with Crippen LogP contribution < -0.4 is 4.90 Å². The second kappa shape index (κ2) is 11.7. The molecular weight excluding hydrogens is 501 g/mol. The third-order valence-electron chi connectivity index (χ3n) is 8.47. The molecule has 5 rings (SSSR count). The van der Waals surface area contributed by atoms with E-state index in [4.69, 9.17) is 9.47 Å². The van der Waals surface area contributed by atoms with Crippen molar-refractivity contribution in [2.75, 3.05) is 44.4 Å². The number of carbonyl (C=O) groups is 3. The van der Waals surface area contributed by atoms with Crippen LogP contribution in [0.5, 0.6) is 0 Å². The molecule has 5 atom stereocenters. The number of fused-ring (bicyclic) bond motifs is 1. The molecule has 0 radical (unpaired) electrons. The number of hydrogen-bond donors (Lipinski definition) is 0. The van der Waals surface area contributed by atoms with Gasteiger partial charge < -0.3 is 19.3 Å². The Labute approximate surface area is 228 Å². The summed E-state index contributed by atoms with van der Waals surface area (Å²) in [5.74, 6) is -1.18. The van der Waals surface area contributed by atoms with Crippen molar-refractivity contribution < 1.29 is 28.2 Å². The molecule has 2 aromatic rings. The van der Waals surface area contributed by atoms with Gasteiger partial charge in [-0.15, -0.1) is 0 Å². The van der Waals surface area contributed by atoms with E-state index in [0.717, 1.165) is 5.56 Å². The molecule has 3 aliphatic rings. The first-order valence-electron chi connectivity index (χ1n) is 13.8. The first-order chi connectivity index (χ1) is 18.9. The van der Waals surface area contributed by atoms with Crippen LogP contribution in [-0.2, 0) is 19.1 Å². The third kappa shape index (κ3) is 5.50. The molecule has 1 saturated carbocycles. The molecule has 3 amide bonds. The fourth-order valence-corrected chi connectivity index (χ4v) is 6.50. The molecule has 0 spiro atoms. The van der Waals surface area contributed by atoms with Crippen molar-refractivity contribution in [3.8, 4) is 0 Å². The van der Waals surface area contributed by atoms with Crippen LogP contribution in [-0.4, -0.2) is 79.2 Å². The minimum Gasteiger partial charge on any atom is -0.465 e. The van der Waals surface area contributed by atoms with Gasteiger partial charge in [-0.2, -0.15) is 0 Å². The van der Waals surface area contributed by atoms with Crippen molar-refractivity contribution in [3.05, 3.63) is 66.0 Å². The number of rotatable bonds is 6. The highest BCUT2D eigenvalue weighted by Gasteiger charge is 2.53. The van der Waals surface area contributed by atoms with Gasteiger partial charge in [0.15, 0.2) is 0 Å². The molecule has 2 aromatic carbocycles. The predicted molar refractivity (Wildman–Crippen MR) is 144 cm³/mol. The minimum absolute atomic E-state index is 0.00511. The minimum atomic E-state index is -0.487. The smallest absolute Gasteiger partial charge is 0.325 e. The van der Waals surface area contributed by atoms with E-state index < -0.39 is 17.8 Å². The van der Waals surface area contributed by atoms with Gasteiger partial charge in [-0.05, 0) is 61.4 Å². The monoisotopic (exact) mass is 537 g/mol. The lowest BCUT2D eigenvalue weighted by molar-refractivity contribution is -0.144. The molecule has 2 aliphatic heterocycles. The number of nitrogens with zero attached hydrogens (tertiary/aromatic N) is 3. The molecular formula is C30H36FN3O5. The molecule has 3 fully saturated rings. The number of esters is 1. The number of ether oxygens (including phenoxy) is 2.